The number of aryl methyl sites for hydroxylation is 2. The van der Waals surface area contributed by atoms with Crippen LogP contribution in [0.3, 0.4) is 0 Å². The lowest BCUT2D eigenvalue weighted by molar-refractivity contribution is 0.0327. The molecule has 3 nitrogen and oxygen atoms in total. The van der Waals surface area contributed by atoms with Crippen LogP contribution in [0.5, 0.6) is 5.75 Å². The molecule has 0 unspecified atom stereocenters. The van der Waals surface area contributed by atoms with E-state index in [0.717, 1.165) is 16.7 Å². The average molecular weight is 224 g/mol. The van der Waals surface area contributed by atoms with Crippen LogP contribution >= 0.6 is 0 Å². The molecule has 1 rings (SSSR count). The Morgan fingerprint density at radius 3 is 2.12 bits per heavy atom. The van der Waals surface area contributed by atoms with E-state index in [9.17, 15) is 5.11 Å². The van der Waals surface area contributed by atoms with Gasteiger partial charge in [0.05, 0.1) is 6.10 Å². The van der Waals surface area contributed by atoms with Crippen molar-refractivity contribution in [1.29, 1.82) is 0 Å². The highest BCUT2D eigenvalue weighted by atomic mass is 16.5. The molecule has 0 spiro atoms. The lowest BCUT2D eigenvalue weighted by Crippen LogP contribution is -2.15. The molecule has 16 heavy (non-hydrogen) atoms. The highest BCUT2D eigenvalue weighted by Gasteiger charge is 2.19. The van der Waals surface area contributed by atoms with Crippen LogP contribution in [0.1, 0.15) is 29.7 Å². The highest BCUT2D eigenvalue weighted by molar-refractivity contribution is 5.42. The standard InChI is InChI=1S/C13H20O3/c1-8-5-11(6-9(2)12(8)15)13(16-4)10(3)7-14/h5-6,10,13-15H,7H2,1-4H3/t10-,13+/m0/s1. The first-order chi connectivity index (χ1) is 7.51. The van der Waals surface area contributed by atoms with Gasteiger partial charge >= 0.3 is 0 Å². The summed E-state index contributed by atoms with van der Waals surface area (Å²) >= 11 is 0. The predicted octanol–water partition coefficient (Wildman–Crippen LogP) is 2.32. The number of benzene rings is 1. The maximum atomic E-state index is 9.69. The fourth-order valence-electron chi connectivity index (χ4n) is 1.95. The van der Waals surface area contributed by atoms with Gasteiger partial charge in [0.2, 0.25) is 0 Å². The molecule has 0 aliphatic carbocycles. The molecule has 0 aliphatic rings. The quantitative estimate of drug-likeness (QED) is 0.825. The number of methoxy groups -OCH3 is 1. The molecule has 0 heterocycles. The Morgan fingerprint density at radius 2 is 1.75 bits per heavy atom. The number of ether oxygens (including phenoxy) is 1. The van der Waals surface area contributed by atoms with Crippen molar-refractivity contribution in [2.75, 3.05) is 13.7 Å². The van der Waals surface area contributed by atoms with E-state index in [1.165, 1.54) is 0 Å². The van der Waals surface area contributed by atoms with E-state index in [4.69, 9.17) is 9.84 Å². The maximum absolute atomic E-state index is 9.69. The van der Waals surface area contributed by atoms with Crippen LogP contribution in [-0.2, 0) is 4.74 Å². The smallest absolute Gasteiger partial charge is 0.121 e. The van der Waals surface area contributed by atoms with Gasteiger partial charge in [0, 0.05) is 19.6 Å². The third kappa shape index (κ3) is 2.54. The SMILES string of the molecule is CO[C@@H](c1cc(C)c(O)c(C)c1)[C@@H](C)CO. The Balaban J connectivity index is 3.11. The molecule has 0 saturated heterocycles. The van der Waals surface area contributed by atoms with Gasteiger partial charge in [-0.3, -0.25) is 0 Å². The largest absolute Gasteiger partial charge is 0.507 e. The monoisotopic (exact) mass is 224 g/mol. The molecule has 2 atom stereocenters. The summed E-state index contributed by atoms with van der Waals surface area (Å²) in [5.41, 5.74) is 2.67. The molecule has 0 radical (unpaired) electrons. The first-order valence-electron chi connectivity index (χ1n) is 5.45. The second-order valence-electron chi connectivity index (χ2n) is 4.32. The average Bonchev–Trinajstić information content (AvgIpc) is 2.26. The van der Waals surface area contributed by atoms with Crippen molar-refractivity contribution in [3.05, 3.63) is 28.8 Å². The van der Waals surface area contributed by atoms with Crippen molar-refractivity contribution in [2.24, 2.45) is 5.92 Å². The molecule has 0 fully saturated rings. The van der Waals surface area contributed by atoms with E-state index in [-0.39, 0.29) is 18.6 Å². The van der Waals surface area contributed by atoms with Crippen LogP contribution in [0.15, 0.2) is 12.1 Å². The van der Waals surface area contributed by atoms with Gasteiger partial charge in [-0.2, -0.15) is 0 Å². The van der Waals surface area contributed by atoms with Crippen LogP contribution in [0, 0.1) is 19.8 Å². The fourth-order valence-corrected chi connectivity index (χ4v) is 1.95. The van der Waals surface area contributed by atoms with E-state index in [0.29, 0.717) is 5.75 Å². The van der Waals surface area contributed by atoms with Crippen LogP contribution in [0.4, 0.5) is 0 Å². The van der Waals surface area contributed by atoms with Crippen molar-refractivity contribution < 1.29 is 14.9 Å². The van der Waals surface area contributed by atoms with Gasteiger partial charge in [-0.25, -0.2) is 0 Å². The van der Waals surface area contributed by atoms with E-state index < -0.39 is 0 Å². The summed E-state index contributed by atoms with van der Waals surface area (Å²) in [4.78, 5) is 0. The van der Waals surface area contributed by atoms with Crippen LogP contribution in [0.2, 0.25) is 0 Å². The van der Waals surface area contributed by atoms with Gasteiger partial charge in [0.15, 0.2) is 0 Å². The van der Waals surface area contributed by atoms with Gasteiger partial charge in [0.1, 0.15) is 5.75 Å². The summed E-state index contributed by atoms with van der Waals surface area (Å²) in [7, 11) is 1.63. The minimum absolute atomic E-state index is 0.0355. The van der Waals surface area contributed by atoms with Gasteiger partial charge in [0.25, 0.3) is 0 Å². The summed E-state index contributed by atoms with van der Waals surface area (Å²) < 4.78 is 5.40. The first kappa shape index (κ1) is 13.0. The topological polar surface area (TPSA) is 49.7 Å². The van der Waals surface area contributed by atoms with Crippen molar-refractivity contribution in [1.82, 2.24) is 0 Å². The Hall–Kier alpha value is -1.06. The number of aliphatic hydroxyl groups excluding tert-OH is 1. The molecule has 3 heteroatoms. The number of hydrogen-bond acceptors (Lipinski definition) is 3. The van der Waals surface area contributed by atoms with Gasteiger partial charge in [-0.15, -0.1) is 0 Å². The van der Waals surface area contributed by atoms with Crippen molar-refractivity contribution in [3.8, 4) is 5.75 Å². The molecular weight excluding hydrogens is 204 g/mol. The number of aromatic hydroxyl groups is 1. The van der Waals surface area contributed by atoms with Gasteiger partial charge < -0.3 is 14.9 Å². The molecule has 0 saturated carbocycles. The normalized spacial score (nSPS) is 14.8. The molecule has 0 amide bonds. The molecule has 2 N–H and O–H groups in total. The zero-order valence-electron chi connectivity index (χ0n) is 10.3. The molecule has 1 aromatic carbocycles. The second kappa shape index (κ2) is 5.32. The molecule has 0 aliphatic heterocycles. The number of hydrogen-bond donors (Lipinski definition) is 2. The summed E-state index contributed by atoms with van der Waals surface area (Å²) in [6, 6.07) is 3.81. The van der Waals surface area contributed by atoms with Crippen LogP contribution in [0.25, 0.3) is 0 Å². The summed E-state index contributed by atoms with van der Waals surface area (Å²) in [6.07, 6.45) is -0.136. The number of rotatable bonds is 4. The molecule has 0 bridgehead atoms. The fraction of sp³-hybridized carbons (Fsp3) is 0.538. The molecule has 0 aromatic heterocycles. The third-order valence-corrected chi connectivity index (χ3v) is 2.90. The van der Waals surface area contributed by atoms with E-state index in [1.54, 1.807) is 7.11 Å². The zero-order valence-corrected chi connectivity index (χ0v) is 10.3. The number of phenolic OH excluding ortho intramolecular Hbond substituents is 1. The van der Waals surface area contributed by atoms with E-state index >= 15 is 0 Å². The van der Waals surface area contributed by atoms with Crippen LogP contribution < -0.4 is 0 Å². The Bertz CT molecular complexity index is 337. The number of phenols is 1. The summed E-state index contributed by atoms with van der Waals surface area (Å²) in [5, 5.41) is 18.9. The predicted molar refractivity (Wildman–Crippen MR) is 63.6 cm³/mol. The summed E-state index contributed by atoms with van der Waals surface area (Å²) in [6.45, 7) is 5.74. The third-order valence-electron chi connectivity index (χ3n) is 2.90. The molecule has 1 aromatic rings. The van der Waals surface area contributed by atoms with Crippen molar-refractivity contribution in [2.45, 2.75) is 26.9 Å². The van der Waals surface area contributed by atoms with Crippen molar-refractivity contribution in [3.63, 3.8) is 0 Å². The Labute approximate surface area is 96.7 Å². The number of aliphatic hydroxyl groups is 1. The van der Waals surface area contributed by atoms with Gasteiger partial charge in [-0.05, 0) is 42.7 Å². The minimum atomic E-state index is -0.136. The first-order valence-corrected chi connectivity index (χ1v) is 5.45. The van der Waals surface area contributed by atoms with E-state index in [1.807, 2.05) is 32.9 Å². The second-order valence-corrected chi connectivity index (χ2v) is 4.32. The Kier molecular flexibility index (Phi) is 4.33. The summed E-state index contributed by atoms with van der Waals surface area (Å²) in [5.74, 6) is 0.364. The van der Waals surface area contributed by atoms with Crippen molar-refractivity contribution >= 4 is 0 Å². The highest BCUT2D eigenvalue weighted by Crippen LogP contribution is 2.31. The lowest BCUT2D eigenvalue weighted by Gasteiger charge is -2.22. The minimum Gasteiger partial charge on any atom is -0.507 e. The Morgan fingerprint density at radius 1 is 1.25 bits per heavy atom. The zero-order chi connectivity index (χ0) is 12.3. The van der Waals surface area contributed by atoms with Gasteiger partial charge in [-0.1, -0.05) is 6.92 Å². The maximum Gasteiger partial charge on any atom is 0.121 e. The molecular formula is C13H20O3. The lowest BCUT2D eigenvalue weighted by atomic mass is 9.94. The van der Waals surface area contributed by atoms with E-state index in [2.05, 4.69) is 0 Å². The van der Waals surface area contributed by atoms with Crippen LogP contribution in [-0.4, -0.2) is 23.9 Å². The molecule has 90 valence electrons.